The smallest absolute Gasteiger partial charge is 0.291 e. The van der Waals surface area contributed by atoms with Gasteiger partial charge in [-0.15, -0.1) is 0 Å². The Morgan fingerprint density at radius 1 is 0.969 bits per heavy atom. The Morgan fingerprint density at radius 3 is 2.50 bits per heavy atom. The molecule has 2 aromatic carbocycles. The molecule has 166 valence electrons. The summed E-state index contributed by atoms with van der Waals surface area (Å²) in [4.78, 5) is 27.4. The van der Waals surface area contributed by atoms with E-state index in [2.05, 4.69) is 40.7 Å². The van der Waals surface area contributed by atoms with Crippen LogP contribution in [-0.4, -0.2) is 29.8 Å². The van der Waals surface area contributed by atoms with Crippen molar-refractivity contribution in [3.8, 4) is 0 Å². The number of benzene rings is 2. The SMILES string of the molecule is CC1CCN(Cc2ccccc2CNC(=O)c2cccc(NC(=O)c3ccco3)c2)CC1. The number of hydrogen-bond acceptors (Lipinski definition) is 4. The van der Waals surface area contributed by atoms with Crippen LogP contribution in [0.2, 0.25) is 0 Å². The summed E-state index contributed by atoms with van der Waals surface area (Å²) >= 11 is 0. The Bertz CT molecular complexity index is 1050. The lowest BCUT2D eigenvalue weighted by atomic mass is 9.98. The number of amides is 2. The molecular formula is C26H29N3O3. The minimum atomic E-state index is -0.353. The van der Waals surface area contributed by atoms with Gasteiger partial charge in [-0.2, -0.15) is 0 Å². The van der Waals surface area contributed by atoms with Crippen molar-refractivity contribution >= 4 is 17.5 Å². The van der Waals surface area contributed by atoms with Crippen LogP contribution >= 0.6 is 0 Å². The highest BCUT2D eigenvalue weighted by atomic mass is 16.3. The predicted molar refractivity (Wildman–Crippen MR) is 124 cm³/mol. The monoisotopic (exact) mass is 431 g/mol. The lowest BCUT2D eigenvalue weighted by Gasteiger charge is -2.30. The van der Waals surface area contributed by atoms with Gasteiger partial charge >= 0.3 is 0 Å². The molecule has 1 aliphatic rings. The first-order chi connectivity index (χ1) is 15.6. The van der Waals surface area contributed by atoms with Crippen molar-refractivity contribution in [3.05, 3.63) is 89.4 Å². The number of furan rings is 1. The highest BCUT2D eigenvalue weighted by Crippen LogP contribution is 2.20. The van der Waals surface area contributed by atoms with Crippen molar-refractivity contribution in [2.45, 2.75) is 32.9 Å². The third-order valence-corrected chi connectivity index (χ3v) is 5.96. The van der Waals surface area contributed by atoms with Crippen LogP contribution < -0.4 is 10.6 Å². The van der Waals surface area contributed by atoms with Crippen LogP contribution in [0.1, 0.15) is 51.8 Å². The Morgan fingerprint density at radius 2 is 1.75 bits per heavy atom. The predicted octanol–water partition coefficient (Wildman–Crippen LogP) is 4.69. The van der Waals surface area contributed by atoms with Crippen LogP contribution in [-0.2, 0) is 13.1 Å². The van der Waals surface area contributed by atoms with Gasteiger partial charge < -0.3 is 15.1 Å². The third-order valence-electron chi connectivity index (χ3n) is 5.96. The first kappa shape index (κ1) is 21.8. The molecule has 2 amide bonds. The summed E-state index contributed by atoms with van der Waals surface area (Å²) < 4.78 is 5.11. The van der Waals surface area contributed by atoms with Gasteiger partial charge in [-0.05, 0) is 73.3 Å². The van der Waals surface area contributed by atoms with Gasteiger partial charge in [-0.1, -0.05) is 37.3 Å². The second-order valence-corrected chi connectivity index (χ2v) is 8.42. The Hall–Kier alpha value is -3.38. The third kappa shape index (κ3) is 5.65. The summed E-state index contributed by atoms with van der Waals surface area (Å²) in [7, 11) is 0. The summed E-state index contributed by atoms with van der Waals surface area (Å²) in [6, 6.07) is 18.4. The molecule has 4 rings (SSSR count). The molecule has 0 radical (unpaired) electrons. The van der Waals surface area contributed by atoms with Gasteiger partial charge in [-0.25, -0.2) is 0 Å². The van der Waals surface area contributed by atoms with E-state index in [0.717, 1.165) is 31.1 Å². The fraction of sp³-hybridized carbons (Fsp3) is 0.308. The molecule has 6 nitrogen and oxygen atoms in total. The van der Waals surface area contributed by atoms with Crippen molar-refractivity contribution in [2.24, 2.45) is 5.92 Å². The topological polar surface area (TPSA) is 74.6 Å². The quantitative estimate of drug-likeness (QED) is 0.569. The van der Waals surface area contributed by atoms with E-state index in [4.69, 9.17) is 4.42 Å². The minimum Gasteiger partial charge on any atom is -0.459 e. The van der Waals surface area contributed by atoms with E-state index in [0.29, 0.717) is 17.8 Å². The fourth-order valence-electron chi connectivity index (χ4n) is 3.96. The summed E-state index contributed by atoms with van der Waals surface area (Å²) in [6.07, 6.45) is 3.93. The maximum atomic E-state index is 12.8. The number of likely N-dealkylation sites (tertiary alicyclic amines) is 1. The summed E-state index contributed by atoms with van der Waals surface area (Å²) in [6.45, 7) is 5.93. The van der Waals surface area contributed by atoms with Gasteiger partial charge in [0.05, 0.1) is 6.26 Å². The molecule has 3 aromatic rings. The number of rotatable bonds is 7. The molecule has 0 aliphatic carbocycles. The Labute approximate surface area is 188 Å². The van der Waals surface area contributed by atoms with Gasteiger partial charge in [0.1, 0.15) is 0 Å². The summed E-state index contributed by atoms with van der Waals surface area (Å²) in [5.74, 6) is 0.495. The zero-order valence-corrected chi connectivity index (χ0v) is 18.3. The van der Waals surface area contributed by atoms with E-state index in [1.54, 1.807) is 36.4 Å². The van der Waals surface area contributed by atoms with Gasteiger partial charge in [0.2, 0.25) is 0 Å². The molecule has 0 bridgehead atoms. The van der Waals surface area contributed by atoms with Gasteiger partial charge in [0.15, 0.2) is 5.76 Å². The highest BCUT2D eigenvalue weighted by molar-refractivity contribution is 6.03. The Balaban J connectivity index is 1.36. The van der Waals surface area contributed by atoms with Crippen LogP contribution in [0.4, 0.5) is 5.69 Å². The number of nitrogens with one attached hydrogen (secondary N) is 2. The summed E-state index contributed by atoms with van der Waals surface area (Å²) in [5, 5.41) is 5.77. The zero-order chi connectivity index (χ0) is 22.3. The normalized spacial score (nSPS) is 14.8. The van der Waals surface area contributed by atoms with Crippen LogP contribution in [0.3, 0.4) is 0 Å². The number of carbonyl (C=O) groups excluding carboxylic acids is 2. The number of nitrogens with zero attached hydrogens (tertiary/aromatic N) is 1. The number of anilines is 1. The second-order valence-electron chi connectivity index (χ2n) is 8.42. The van der Waals surface area contributed by atoms with Gasteiger partial charge in [0.25, 0.3) is 11.8 Å². The zero-order valence-electron chi connectivity index (χ0n) is 18.3. The lowest BCUT2D eigenvalue weighted by Crippen LogP contribution is -2.33. The first-order valence-electron chi connectivity index (χ1n) is 11.1. The van der Waals surface area contributed by atoms with Crippen molar-refractivity contribution in [3.63, 3.8) is 0 Å². The number of piperidine rings is 1. The largest absolute Gasteiger partial charge is 0.459 e. The second kappa shape index (κ2) is 10.3. The first-order valence-corrected chi connectivity index (χ1v) is 11.1. The molecule has 1 saturated heterocycles. The summed E-state index contributed by atoms with van der Waals surface area (Å²) in [5.41, 5.74) is 3.41. The standard InChI is InChI=1S/C26H29N3O3/c1-19-11-13-29(14-12-19)18-22-7-3-2-6-21(22)17-27-25(30)20-8-4-9-23(16-20)28-26(31)24-10-5-15-32-24/h2-10,15-16,19H,11-14,17-18H2,1H3,(H,27,30)(H,28,31). The molecule has 0 unspecified atom stereocenters. The van der Waals surface area contributed by atoms with Gasteiger partial charge in [-0.3, -0.25) is 14.5 Å². The average Bonchev–Trinajstić information content (AvgIpc) is 3.35. The maximum absolute atomic E-state index is 12.8. The van der Waals surface area contributed by atoms with E-state index < -0.39 is 0 Å². The van der Waals surface area contributed by atoms with E-state index >= 15 is 0 Å². The van der Waals surface area contributed by atoms with Gasteiger partial charge in [0, 0.05) is 24.3 Å². The van der Waals surface area contributed by atoms with E-state index in [-0.39, 0.29) is 17.6 Å². The minimum absolute atomic E-state index is 0.180. The van der Waals surface area contributed by atoms with Crippen LogP contribution in [0.15, 0.2) is 71.3 Å². The molecule has 1 aromatic heterocycles. The van der Waals surface area contributed by atoms with Crippen LogP contribution in [0.25, 0.3) is 0 Å². The fourth-order valence-corrected chi connectivity index (χ4v) is 3.96. The van der Waals surface area contributed by atoms with Crippen LogP contribution in [0, 0.1) is 5.92 Å². The van der Waals surface area contributed by atoms with E-state index in [9.17, 15) is 9.59 Å². The van der Waals surface area contributed by atoms with Crippen molar-refractivity contribution in [2.75, 3.05) is 18.4 Å². The molecule has 0 saturated carbocycles. The molecule has 32 heavy (non-hydrogen) atoms. The Kier molecular flexibility index (Phi) is 7.02. The molecule has 1 aliphatic heterocycles. The molecule has 0 atom stereocenters. The van der Waals surface area contributed by atoms with Crippen molar-refractivity contribution in [1.82, 2.24) is 10.2 Å². The van der Waals surface area contributed by atoms with Crippen molar-refractivity contribution in [1.29, 1.82) is 0 Å². The van der Waals surface area contributed by atoms with E-state index in [1.807, 2.05) is 6.07 Å². The number of hydrogen-bond donors (Lipinski definition) is 2. The molecule has 2 N–H and O–H groups in total. The van der Waals surface area contributed by atoms with Crippen LogP contribution in [0.5, 0.6) is 0 Å². The molecule has 2 heterocycles. The number of carbonyl (C=O) groups is 2. The molecular weight excluding hydrogens is 402 g/mol. The lowest BCUT2D eigenvalue weighted by molar-refractivity contribution is 0.0948. The van der Waals surface area contributed by atoms with E-state index in [1.165, 1.54) is 24.7 Å². The molecule has 6 heteroatoms. The molecule has 1 fully saturated rings. The van der Waals surface area contributed by atoms with Crippen molar-refractivity contribution < 1.29 is 14.0 Å². The average molecular weight is 432 g/mol. The highest BCUT2D eigenvalue weighted by Gasteiger charge is 2.17. The maximum Gasteiger partial charge on any atom is 0.291 e. The molecule has 0 spiro atoms.